The van der Waals surface area contributed by atoms with Gasteiger partial charge in [0.25, 0.3) is 0 Å². The summed E-state index contributed by atoms with van der Waals surface area (Å²) >= 11 is 0. The van der Waals surface area contributed by atoms with Gasteiger partial charge in [-0.1, -0.05) is 0 Å². The molecule has 1 N–H and O–H groups in total. The highest BCUT2D eigenvalue weighted by molar-refractivity contribution is 6.12. The fourth-order valence-electron chi connectivity index (χ4n) is 2.97. The minimum Gasteiger partial charge on any atom is -0.456 e. The van der Waals surface area contributed by atoms with Gasteiger partial charge in [-0.15, -0.1) is 0 Å². The van der Waals surface area contributed by atoms with Crippen LogP contribution in [0, 0.1) is 0 Å². The van der Waals surface area contributed by atoms with Gasteiger partial charge in [-0.3, -0.25) is 9.69 Å². The number of anilines is 2. The second-order valence-electron chi connectivity index (χ2n) is 11.9. The smallest absolute Gasteiger partial charge is 0.345 e. The lowest BCUT2D eigenvalue weighted by atomic mass is 10.0. The molecular weight excluding hydrogens is 412 g/mol. The molecule has 0 bridgehead atoms. The summed E-state index contributed by atoms with van der Waals surface area (Å²) in [6.07, 6.45) is 0. The minimum absolute atomic E-state index is 0.0399. The Morgan fingerprint density at radius 3 is 1.47 bits per heavy atom. The predicted octanol–water partition coefficient (Wildman–Crippen LogP) is 5.55. The van der Waals surface area contributed by atoms with Crippen LogP contribution < -0.4 is 10.2 Å². The number of hydrogen-bond donors (Lipinski definition) is 1. The lowest BCUT2D eigenvalue weighted by Crippen LogP contribution is -2.45. The third-order valence-corrected chi connectivity index (χ3v) is 3.77. The van der Waals surface area contributed by atoms with Crippen LogP contribution in [0.15, 0.2) is 4.42 Å². The molecule has 0 saturated heterocycles. The van der Waals surface area contributed by atoms with E-state index in [9.17, 15) is 14.4 Å². The van der Waals surface area contributed by atoms with Gasteiger partial charge >= 0.3 is 11.9 Å². The number of carbonyl (C=O) groups is 3. The quantitative estimate of drug-likeness (QED) is 0.598. The average Bonchev–Trinajstić information content (AvgIpc) is 2.77. The van der Waals surface area contributed by atoms with Crippen molar-refractivity contribution in [1.29, 1.82) is 0 Å². The van der Waals surface area contributed by atoms with Crippen LogP contribution in [0.4, 0.5) is 11.8 Å². The Morgan fingerprint density at radius 2 is 1.16 bits per heavy atom. The zero-order valence-corrected chi connectivity index (χ0v) is 21.9. The third-order valence-electron chi connectivity index (χ3n) is 3.77. The molecule has 0 fully saturated rings. The number of rotatable bonds is 4. The van der Waals surface area contributed by atoms with Crippen LogP contribution in [0.2, 0.25) is 0 Å². The van der Waals surface area contributed by atoms with E-state index in [-0.39, 0.29) is 28.8 Å². The maximum absolute atomic E-state index is 13.3. The predicted molar refractivity (Wildman–Crippen MR) is 125 cm³/mol. The highest BCUT2D eigenvalue weighted by Crippen LogP contribution is 2.40. The summed E-state index contributed by atoms with van der Waals surface area (Å²) in [7, 11) is 0. The summed E-state index contributed by atoms with van der Waals surface area (Å²) in [5.41, 5.74) is -3.16. The highest BCUT2D eigenvalue weighted by atomic mass is 16.6. The van der Waals surface area contributed by atoms with Crippen LogP contribution in [0.25, 0.3) is 0 Å². The van der Waals surface area contributed by atoms with Crippen LogP contribution in [-0.2, 0) is 14.3 Å². The van der Waals surface area contributed by atoms with Gasteiger partial charge in [0, 0.05) is 18.0 Å². The first-order chi connectivity index (χ1) is 14.0. The van der Waals surface area contributed by atoms with E-state index < -0.39 is 34.2 Å². The Morgan fingerprint density at radius 1 is 0.750 bits per heavy atom. The van der Waals surface area contributed by atoms with Crippen molar-refractivity contribution in [3.8, 4) is 0 Å². The normalized spacial score (nSPS) is 12.9. The van der Waals surface area contributed by atoms with Crippen LogP contribution in [0.1, 0.15) is 111 Å². The van der Waals surface area contributed by atoms with Gasteiger partial charge in [-0.2, -0.15) is 0 Å². The van der Waals surface area contributed by atoms with Gasteiger partial charge in [0.1, 0.15) is 22.3 Å². The average molecular weight is 453 g/mol. The Kier molecular flexibility index (Phi) is 7.56. The Bertz CT molecular complexity index is 871. The molecule has 1 amide bonds. The molecule has 0 saturated carbocycles. The molecular formula is C24H40N2O6. The van der Waals surface area contributed by atoms with Crippen molar-refractivity contribution >= 4 is 29.6 Å². The summed E-state index contributed by atoms with van der Waals surface area (Å²) < 4.78 is 17.2. The lowest BCUT2D eigenvalue weighted by Gasteiger charge is -2.33. The molecule has 1 heterocycles. The summed E-state index contributed by atoms with van der Waals surface area (Å²) in [5.74, 6) is -1.91. The van der Waals surface area contributed by atoms with Gasteiger partial charge in [0.15, 0.2) is 0 Å². The molecule has 1 aromatic heterocycles. The van der Waals surface area contributed by atoms with Crippen molar-refractivity contribution in [3.05, 3.63) is 11.1 Å². The molecule has 0 aromatic carbocycles. The van der Waals surface area contributed by atoms with Crippen molar-refractivity contribution in [2.75, 3.05) is 10.2 Å². The fourth-order valence-corrected chi connectivity index (χ4v) is 2.97. The molecule has 1 aromatic rings. The molecule has 0 radical (unpaired) electrons. The zero-order valence-electron chi connectivity index (χ0n) is 21.9. The summed E-state index contributed by atoms with van der Waals surface area (Å²) in [4.78, 5) is 40.6. The standard InChI is InChI=1S/C24H40N2O6/c1-14(27)26(22(5,6)7)18-16(20(29)32-24(11,12)13)15(19(28)31-23(8,9)10)17(30-18)25-21(2,3)4/h25H,1-13H3. The third kappa shape index (κ3) is 7.57. The first-order valence-electron chi connectivity index (χ1n) is 10.8. The van der Waals surface area contributed by atoms with Crippen LogP contribution >= 0.6 is 0 Å². The van der Waals surface area contributed by atoms with Crippen LogP contribution in [-0.4, -0.2) is 40.1 Å². The van der Waals surface area contributed by atoms with E-state index in [2.05, 4.69) is 5.32 Å². The SMILES string of the molecule is CC(=O)N(c1oc(NC(C)(C)C)c(C(=O)OC(C)(C)C)c1C(=O)OC(C)(C)C)C(C)(C)C. The number of ether oxygens (including phenoxy) is 2. The molecule has 8 heteroatoms. The van der Waals surface area contributed by atoms with Crippen molar-refractivity contribution in [2.45, 2.75) is 112 Å². The van der Waals surface area contributed by atoms with Gasteiger partial charge in [0.05, 0.1) is 0 Å². The highest BCUT2D eigenvalue weighted by Gasteiger charge is 2.41. The molecule has 1 rings (SSSR count). The number of hydrogen-bond acceptors (Lipinski definition) is 7. The van der Waals surface area contributed by atoms with Crippen molar-refractivity contribution < 1.29 is 28.3 Å². The Hall–Kier alpha value is -2.51. The number of nitrogens with one attached hydrogen (secondary N) is 1. The molecule has 0 aliphatic heterocycles. The van der Waals surface area contributed by atoms with Crippen molar-refractivity contribution in [2.24, 2.45) is 0 Å². The Labute approximate surface area is 192 Å². The van der Waals surface area contributed by atoms with Gasteiger partial charge < -0.3 is 19.2 Å². The van der Waals surface area contributed by atoms with Gasteiger partial charge in [-0.05, 0) is 83.1 Å². The molecule has 0 aliphatic carbocycles. The van der Waals surface area contributed by atoms with Crippen molar-refractivity contribution in [1.82, 2.24) is 0 Å². The maximum Gasteiger partial charge on any atom is 0.345 e. The van der Waals surface area contributed by atoms with Gasteiger partial charge in [-0.25, -0.2) is 9.59 Å². The molecule has 182 valence electrons. The number of carbonyl (C=O) groups excluding carboxylic acids is 3. The summed E-state index contributed by atoms with van der Waals surface area (Å²) in [5, 5.41) is 3.13. The van der Waals surface area contributed by atoms with E-state index >= 15 is 0 Å². The van der Waals surface area contributed by atoms with Gasteiger partial charge in [0.2, 0.25) is 17.7 Å². The van der Waals surface area contributed by atoms with E-state index in [1.165, 1.54) is 11.8 Å². The maximum atomic E-state index is 13.3. The number of amides is 1. The lowest BCUT2D eigenvalue weighted by molar-refractivity contribution is -0.117. The minimum atomic E-state index is -0.836. The van der Waals surface area contributed by atoms with E-state index in [0.717, 1.165) is 0 Å². The van der Waals surface area contributed by atoms with E-state index in [1.54, 1.807) is 62.3 Å². The molecule has 32 heavy (non-hydrogen) atoms. The monoisotopic (exact) mass is 452 g/mol. The van der Waals surface area contributed by atoms with Crippen LogP contribution in [0.5, 0.6) is 0 Å². The summed E-state index contributed by atoms with van der Waals surface area (Å²) in [6.45, 7) is 22.8. The zero-order chi connectivity index (χ0) is 25.4. The molecule has 8 nitrogen and oxygen atoms in total. The number of esters is 2. The van der Waals surface area contributed by atoms with Crippen LogP contribution in [0.3, 0.4) is 0 Å². The first-order valence-corrected chi connectivity index (χ1v) is 10.8. The second kappa shape index (κ2) is 8.79. The summed E-state index contributed by atoms with van der Waals surface area (Å²) in [6, 6.07) is 0. The second-order valence-corrected chi connectivity index (χ2v) is 11.9. The fraction of sp³-hybridized carbons (Fsp3) is 0.708. The number of furan rings is 1. The topological polar surface area (TPSA) is 98.1 Å². The number of nitrogens with zero attached hydrogens (tertiary/aromatic N) is 1. The molecule has 0 atom stereocenters. The molecule has 0 unspecified atom stereocenters. The van der Waals surface area contributed by atoms with E-state index in [4.69, 9.17) is 13.9 Å². The first kappa shape index (κ1) is 27.5. The van der Waals surface area contributed by atoms with E-state index in [0.29, 0.717) is 0 Å². The Balaban J connectivity index is 4.00. The van der Waals surface area contributed by atoms with Crippen molar-refractivity contribution in [3.63, 3.8) is 0 Å². The molecule has 0 spiro atoms. The van der Waals surface area contributed by atoms with E-state index in [1.807, 2.05) is 20.8 Å². The largest absolute Gasteiger partial charge is 0.456 e. The molecule has 0 aliphatic rings.